The topological polar surface area (TPSA) is 75.2 Å². The molecule has 1 fully saturated rings. The summed E-state index contributed by atoms with van der Waals surface area (Å²) in [5.74, 6) is 0.677. The van der Waals surface area contributed by atoms with Gasteiger partial charge in [-0.1, -0.05) is 60.1 Å². The van der Waals surface area contributed by atoms with Gasteiger partial charge in [0.25, 0.3) is 5.91 Å². The number of aromatic nitrogens is 2. The van der Waals surface area contributed by atoms with Crippen LogP contribution < -0.4 is 5.32 Å². The van der Waals surface area contributed by atoms with Crippen molar-refractivity contribution in [2.24, 2.45) is 0 Å². The molecule has 0 bridgehead atoms. The van der Waals surface area contributed by atoms with Crippen LogP contribution in [-0.4, -0.2) is 43.5 Å². The number of anilines is 1. The van der Waals surface area contributed by atoms with Gasteiger partial charge in [-0.15, -0.1) is 21.5 Å². The van der Waals surface area contributed by atoms with Crippen molar-refractivity contribution in [1.29, 1.82) is 0 Å². The Labute approximate surface area is 178 Å². The molecule has 27 heavy (non-hydrogen) atoms. The fourth-order valence-electron chi connectivity index (χ4n) is 2.22. The molecule has 0 spiro atoms. The van der Waals surface area contributed by atoms with Crippen LogP contribution in [-0.2, 0) is 9.59 Å². The molecule has 2 aromatic heterocycles. The average molecular weight is 457 g/mol. The Kier molecular flexibility index (Phi) is 7.41. The Morgan fingerprint density at radius 3 is 3.04 bits per heavy atom. The first-order valence-corrected chi connectivity index (χ1v) is 12.0. The Morgan fingerprint density at radius 1 is 1.44 bits per heavy atom. The van der Waals surface area contributed by atoms with E-state index in [0.29, 0.717) is 27.3 Å². The van der Waals surface area contributed by atoms with Crippen LogP contribution in [0.4, 0.5) is 5.13 Å². The number of hydrogen-bond acceptors (Lipinski definition) is 9. The lowest BCUT2D eigenvalue weighted by atomic mass is 10.2. The van der Waals surface area contributed by atoms with E-state index in [-0.39, 0.29) is 18.2 Å². The van der Waals surface area contributed by atoms with Gasteiger partial charge in [0.15, 0.2) is 4.34 Å². The van der Waals surface area contributed by atoms with Gasteiger partial charge in [0.05, 0.1) is 4.91 Å². The lowest BCUT2D eigenvalue weighted by Gasteiger charge is -2.13. The molecule has 142 valence electrons. The van der Waals surface area contributed by atoms with Crippen molar-refractivity contribution in [3.8, 4) is 0 Å². The molecule has 2 aromatic rings. The summed E-state index contributed by atoms with van der Waals surface area (Å²) in [5.41, 5.74) is 0. The number of carbonyl (C=O) groups excluding carboxylic acids is 2. The third kappa shape index (κ3) is 5.61. The van der Waals surface area contributed by atoms with Gasteiger partial charge in [-0.2, -0.15) is 0 Å². The summed E-state index contributed by atoms with van der Waals surface area (Å²) in [7, 11) is 0. The van der Waals surface area contributed by atoms with Crippen molar-refractivity contribution in [1.82, 2.24) is 15.1 Å². The van der Waals surface area contributed by atoms with Gasteiger partial charge in [-0.05, 0) is 29.7 Å². The summed E-state index contributed by atoms with van der Waals surface area (Å²) >= 11 is 11.1. The van der Waals surface area contributed by atoms with Crippen LogP contribution in [0.1, 0.15) is 24.6 Å². The molecule has 3 rings (SSSR count). The minimum absolute atomic E-state index is 0.0934. The van der Waals surface area contributed by atoms with Gasteiger partial charge < -0.3 is 5.32 Å². The quantitative estimate of drug-likeness (QED) is 0.274. The highest BCUT2D eigenvalue weighted by atomic mass is 32.2. The third-order valence-electron chi connectivity index (χ3n) is 3.40. The molecule has 0 saturated carbocycles. The number of nitrogens with zero attached hydrogens (tertiary/aromatic N) is 3. The summed E-state index contributed by atoms with van der Waals surface area (Å²) in [6.07, 6.45) is 2.68. The monoisotopic (exact) mass is 456 g/mol. The summed E-state index contributed by atoms with van der Waals surface area (Å²) in [4.78, 5) is 27.8. The van der Waals surface area contributed by atoms with E-state index in [2.05, 4.69) is 15.5 Å². The number of nitrogens with one attached hydrogen (secondary N) is 1. The molecule has 1 aliphatic heterocycles. The first-order chi connectivity index (χ1) is 13.1. The van der Waals surface area contributed by atoms with Crippen LogP contribution in [0.5, 0.6) is 0 Å². The van der Waals surface area contributed by atoms with E-state index in [4.69, 9.17) is 12.2 Å². The summed E-state index contributed by atoms with van der Waals surface area (Å²) in [6.45, 7) is 2.46. The Balaban J connectivity index is 1.47. The van der Waals surface area contributed by atoms with Crippen molar-refractivity contribution < 1.29 is 9.59 Å². The van der Waals surface area contributed by atoms with E-state index in [1.165, 1.54) is 23.1 Å². The Hall–Kier alpha value is -1.27. The van der Waals surface area contributed by atoms with Crippen LogP contribution in [0.3, 0.4) is 0 Å². The fourth-order valence-corrected chi connectivity index (χ4v) is 5.91. The maximum Gasteiger partial charge on any atom is 0.266 e. The smallest absolute Gasteiger partial charge is 0.266 e. The van der Waals surface area contributed by atoms with E-state index < -0.39 is 0 Å². The summed E-state index contributed by atoms with van der Waals surface area (Å²) < 4.78 is 1.37. The highest BCUT2D eigenvalue weighted by Gasteiger charge is 2.31. The average Bonchev–Trinajstić information content (AvgIpc) is 3.34. The Morgan fingerprint density at radius 2 is 2.30 bits per heavy atom. The standard InChI is InChI=1S/C16H16N4O2S5/c1-2-24-15-19-18-14(27-15)17-12(21)6-3-7-20-13(22)11(26-16(20)23)9-10-5-4-8-25-10/h4-5,8-9H,2-3,6-7H2,1H3,(H,17,18,21)/b11-9-. The zero-order valence-electron chi connectivity index (χ0n) is 14.3. The second-order valence-electron chi connectivity index (χ2n) is 5.31. The van der Waals surface area contributed by atoms with E-state index in [1.54, 1.807) is 28.0 Å². The molecule has 6 nitrogen and oxygen atoms in total. The van der Waals surface area contributed by atoms with Gasteiger partial charge in [0.1, 0.15) is 4.32 Å². The zero-order chi connectivity index (χ0) is 19.2. The number of hydrogen-bond donors (Lipinski definition) is 1. The molecule has 0 atom stereocenters. The van der Waals surface area contributed by atoms with Crippen LogP contribution in [0.2, 0.25) is 0 Å². The van der Waals surface area contributed by atoms with Crippen LogP contribution >= 0.6 is 58.4 Å². The molecule has 0 aliphatic carbocycles. The number of thiophene rings is 1. The normalized spacial score (nSPS) is 15.7. The SMILES string of the molecule is CCSc1nnc(NC(=O)CCCN2C(=O)/C(=C/c3cccs3)SC2=S)s1. The zero-order valence-corrected chi connectivity index (χ0v) is 18.4. The van der Waals surface area contributed by atoms with Gasteiger partial charge >= 0.3 is 0 Å². The molecule has 1 N–H and O–H groups in total. The van der Waals surface area contributed by atoms with E-state index >= 15 is 0 Å². The van der Waals surface area contributed by atoms with Crippen LogP contribution in [0.25, 0.3) is 6.08 Å². The van der Waals surface area contributed by atoms with Gasteiger partial charge in [-0.25, -0.2) is 0 Å². The second-order valence-corrected chi connectivity index (χ2v) is 10.5. The molecule has 1 saturated heterocycles. The van der Waals surface area contributed by atoms with Crippen molar-refractivity contribution in [2.75, 3.05) is 17.6 Å². The van der Waals surface area contributed by atoms with Gasteiger partial charge in [0, 0.05) is 17.8 Å². The molecule has 0 unspecified atom stereocenters. The summed E-state index contributed by atoms with van der Waals surface area (Å²) in [6, 6.07) is 3.90. The van der Waals surface area contributed by atoms with Gasteiger partial charge in [-0.3, -0.25) is 14.5 Å². The molecule has 2 amide bonds. The fraction of sp³-hybridized carbons (Fsp3) is 0.312. The largest absolute Gasteiger partial charge is 0.301 e. The first kappa shape index (κ1) is 20.5. The maximum atomic E-state index is 12.5. The van der Waals surface area contributed by atoms with Crippen LogP contribution in [0, 0.1) is 0 Å². The van der Waals surface area contributed by atoms with Crippen molar-refractivity contribution in [3.63, 3.8) is 0 Å². The third-order valence-corrected chi connectivity index (χ3v) is 7.45. The van der Waals surface area contributed by atoms with Gasteiger partial charge in [0.2, 0.25) is 11.0 Å². The summed E-state index contributed by atoms with van der Waals surface area (Å²) in [5, 5.41) is 13.2. The molecule has 11 heteroatoms. The number of amides is 2. The van der Waals surface area contributed by atoms with E-state index in [0.717, 1.165) is 15.0 Å². The van der Waals surface area contributed by atoms with Crippen molar-refractivity contribution >= 4 is 85.8 Å². The highest BCUT2D eigenvalue weighted by Crippen LogP contribution is 2.33. The lowest BCUT2D eigenvalue weighted by Crippen LogP contribution is -2.29. The molecule has 0 aromatic carbocycles. The minimum Gasteiger partial charge on any atom is -0.301 e. The number of carbonyl (C=O) groups is 2. The molecule has 1 aliphatic rings. The highest BCUT2D eigenvalue weighted by molar-refractivity contribution is 8.26. The maximum absolute atomic E-state index is 12.5. The molecule has 0 radical (unpaired) electrons. The number of thiocarbonyl (C=S) groups is 1. The van der Waals surface area contributed by atoms with E-state index in [1.807, 2.05) is 30.5 Å². The van der Waals surface area contributed by atoms with Crippen LogP contribution in [0.15, 0.2) is 26.8 Å². The predicted octanol–water partition coefficient (Wildman–Crippen LogP) is 4.33. The molecular weight excluding hydrogens is 441 g/mol. The van der Waals surface area contributed by atoms with E-state index in [9.17, 15) is 9.59 Å². The Bertz CT molecular complexity index is 862. The second kappa shape index (κ2) is 9.78. The predicted molar refractivity (Wildman–Crippen MR) is 118 cm³/mol. The molecule has 3 heterocycles. The van der Waals surface area contributed by atoms with Crippen molar-refractivity contribution in [3.05, 3.63) is 27.3 Å². The lowest BCUT2D eigenvalue weighted by molar-refractivity contribution is -0.122. The minimum atomic E-state index is -0.140. The molecular formula is C16H16N4O2S5. The number of thioether (sulfide) groups is 2. The van der Waals surface area contributed by atoms with Crippen molar-refractivity contribution in [2.45, 2.75) is 24.1 Å². The number of rotatable bonds is 8. The first-order valence-electron chi connectivity index (χ1n) is 8.12.